The molecule has 0 saturated carbocycles. The molecule has 2 aliphatic rings. The molecule has 7 nitrogen and oxygen atoms in total. The van der Waals surface area contributed by atoms with Crippen molar-refractivity contribution in [1.29, 1.82) is 0 Å². The molecule has 0 bridgehead atoms. The number of nitrogens with zero attached hydrogens (tertiary/aromatic N) is 1. The van der Waals surface area contributed by atoms with Gasteiger partial charge in [-0.05, 0) is 32.1 Å². The van der Waals surface area contributed by atoms with E-state index in [1.54, 1.807) is 0 Å². The zero-order valence-corrected chi connectivity index (χ0v) is 12.5. The Morgan fingerprint density at radius 1 is 1.38 bits per heavy atom. The molecule has 2 heterocycles. The van der Waals surface area contributed by atoms with Crippen LogP contribution in [-0.2, 0) is 27.6 Å². The molecule has 2 N–H and O–H groups in total. The number of fused-ring (bicyclic) bond motifs is 1. The van der Waals surface area contributed by atoms with Crippen LogP contribution >= 0.6 is 0 Å². The van der Waals surface area contributed by atoms with Crippen molar-refractivity contribution < 1.29 is 17.9 Å². The number of nitrogens with one attached hydrogen (secondary N) is 2. The van der Waals surface area contributed by atoms with Crippen molar-refractivity contribution in [3.05, 3.63) is 17.0 Å². The van der Waals surface area contributed by atoms with E-state index in [9.17, 15) is 13.2 Å². The quantitative estimate of drug-likeness (QED) is 0.837. The Morgan fingerprint density at radius 2 is 2.19 bits per heavy atom. The number of ether oxygens (including phenoxy) is 1. The summed E-state index contributed by atoms with van der Waals surface area (Å²) < 4.78 is 31.4. The summed E-state index contributed by atoms with van der Waals surface area (Å²) in [4.78, 5) is 12.2. The van der Waals surface area contributed by atoms with Gasteiger partial charge < -0.3 is 4.74 Å². The lowest BCUT2D eigenvalue weighted by atomic mass is 9.96. The van der Waals surface area contributed by atoms with Crippen molar-refractivity contribution in [2.45, 2.75) is 32.1 Å². The molecule has 1 fully saturated rings. The van der Waals surface area contributed by atoms with Gasteiger partial charge in [-0.25, -0.2) is 13.1 Å². The average Bonchev–Trinajstić information content (AvgIpc) is 3.06. The molecule has 116 valence electrons. The number of aromatic amines is 1. The Kier molecular flexibility index (Phi) is 3.99. The number of carbonyl (C=O) groups excluding carboxylic acids is 1. The van der Waals surface area contributed by atoms with Gasteiger partial charge in [0.25, 0.3) is 5.91 Å². The van der Waals surface area contributed by atoms with Gasteiger partial charge in [0, 0.05) is 23.8 Å². The molecule has 1 aliphatic carbocycles. The van der Waals surface area contributed by atoms with E-state index in [4.69, 9.17) is 4.74 Å². The normalized spacial score (nSPS) is 22.0. The third-order valence-corrected chi connectivity index (χ3v) is 5.41. The first kappa shape index (κ1) is 14.5. The molecular formula is C13H19N3O4S. The van der Waals surface area contributed by atoms with Crippen LogP contribution in [0.3, 0.4) is 0 Å². The molecule has 3 rings (SSSR count). The van der Waals surface area contributed by atoms with Crippen molar-refractivity contribution >= 4 is 15.9 Å². The number of aryl methyl sites for hydroxylation is 1. The second-order valence-corrected chi connectivity index (χ2v) is 7.45. The summed E-state index contributed by atoms with van der Waals surface area (Å²) in [6, 6.07) is 0. The highest BCUT2D eigenvalue weighted by Crippen LogP contribution is 2.22. The van der Waals surface area contributed by atoms with Gasteiger partial charge >= 0.3 is 0 Å². The zero-order chi connectivity index (χ0) is 14.9. The Bertz CT molecular complexity index is 632. The van der Waals surface area contributed by atoms with Gasteiger partial charge in [0.05, 0.1) is 12.4 Å². The minimum atomic E-state index is -3.65. The van der Waals surface area contributed by atoms with Crippen molar-refractivity contribution in [1.82, 2.24) is 14.9 Å². The van der Waals surface area contributed by atoms with Crippen molar-refractivity contribution in [2.75, 3.05) is 19.0 Å². The first-order valence-electron chi connectivity index (χ1n) is 7.24. The van der Waals surface area contributed by atoms with Crippen LogP contribution in [0.4, 0.5) is 0 Å². The van der Waals surface area contributed by atoms with Crippen LogP contribution in [0.5, 0.6) is 0 Å². The summed E-state index contributed by atoms with van der Waals surface area (Å²) >= 11 is 0. The zero-order valence-electron chi connectivity index (χ0n) is 11.7. The second-order valence-electron chi connectivity index (χ2n) is 5.68. The molecule has 1 aromatic rings. The fourth-order valence-electron chi connectivity index (χ4n) is 2.93. The van der Waals surface area contributed by atoms with Gasteiger partial charge in [-0.1, -0.05) is 0 Å². The maximum Gasteiger partial charge on any atom is 0.285 e. The first-order chi connectivity index (χ1) is 10.1. The fraction of sp³-hybridized carbons (Fsp3) is 0.692. The van der Waals surface area contributed by atoms with E-state index in [1.807, 2.05) is 0 Å². The predicted octanol–water partition coefficient (Wildman–Crippen LogP) is 0.385. The molecule has 21 heavy (non-hydrogen) atoms. The summed E-state index contributed by atoms with van der Waals surface area (Å²) in [6.07, 6.45) is 4.41. The average molecular weight is 313 g/mol. The maximum atomic E-state index is 12.2. The number of amides is 1. The fourth-order valence-corrected chi connectivity index (χ4v) is 4.27. The van der Waals surface area contributed by atoms with Crippen LogP contribution in [0.25, 0.3) is 0 Å². The number of hydrogen-bond donors (Lipinski definition) is 2. The lowest BCUT2D eigenvalue weighted by Crippen LogP contribution is -2.35. The number of H-pyrrole nitrogens is 1. The third kappa shape index (κ3) is 3.26. The minimum absolute atomic E-state index is 0.0385. The topological polar surface area (TPSA) is 101 Å². The predicted molar refractivity (Wildman–Crippen MR) is 75.4 cm³/mol. The van der Waals surface area contributed by atoms with E-state index in [0.717, 1.165) is 36.9 Å². The maximum absolute atomic E-state index is 12.2. The van der Waals surface area contributed by atoms with Gasteiger partial charge in [-0.2, -0.15) is 5.10 Å². The second kappa shape index (κ2) is 5.76. The Hall–Kier alpha value is -1.41. The molecule has 0 spiro atoms. The van der Waals surface area contributed by atoms with Crippen molar-refractivity contribution in [2.24, 2.45) is 5.92 Å². The molecule has 1 amide bonds. The van der Waals surface area contributed by atoms with Crippen molar-refractivity contribution in [3.63, 3.8) is 0 Å². The van der Waals surface area contributed by atoms with Gasteiger partial charge in [0.1, 0.15) is 0 Å². The summed E-state index contributed by atoms with van der Waals surface area (Å²) in [6.45, 7) is 1.02. The van der Waals surface area contributed by atoms with E-state index in [0.29, 0.717) is 19.6 Å². The highest BCUT2D eigenvalue weighted by atomic mass is 32.2. The van der Waals surface area contributed by atoms with E-state index in [2.05, 4.69) is 14.9 Å². The Morgan fingerprint density at radius 3 is 2.95 bits per heavy atom. The molecule has 1 aliphatic heterocycles. The summed E-state index contributed by atoms with van der Waals surface area (Å²) in [5.74, 6) is -0.748. The number of hydrogen-bond acceptors (Lipinski definition) is 5. The van der Waals surface area contributed by atoms with E-state index in [-0.39, 0.29) is 17.4 Å². The van der Waals surface area contributed by atoms with Gasteiger partial charge in [0.15, 0.2) is 5.69 Å². The number of aromatic nitrogens is 2. The molecule has 1 saturated heterocycles. The highest BCUT2D eigenvalue weighted by molar-refractivity contribution is 7.90. The number of sulfonamides is 1. The summed E-state index contributed by atoms with van der Waals surface area (Å²) in [5.41, 5.74) is 2.03. The lowest BCUT2D eigenvalue weighted by Gasteiger charge is -2.12. The summed E-state index contributed by atoms with van der Waals surface area (Å²) in [5, 5.41) is 6.83. The van der Waals surface area contributed by atoms with Gasteiger partial charge in [-0.3, -0.25) is 9.89 Å². The number of rotatable bonds is 4. The van der Waals surface area contributed by atoms with E-state index in [1.165, 1.54) is 0 Å². The molecule has 0 radical (unpaired) electrons. The third-order valence-electron chi connectivity index (χ3n) is 4.00. The van der Waals surface area contributed by atoms with Crippen LogP contribution in [0.1, 0.15) is 41.0 Å². The van der Waals surface area contributed by atoms with Gasteiger partial charge in [0.2, 0.25) is 10.0 Å². The molecule has 0 aromatic carbocycles. The lowest BCUT2D eigenvalue weighted by molar-refractivity contribution is 0.0975. The van der Waals surface area contributed by atoms with E-state index < -0.39 is 15.9 Å². The van der Waals surface area contributed by atoms with E-state index >= 15 is 0 Å². The molecule has 1 atom stereocenters. The molecule has 1 aromatic heterocycles. The van der Waals surface area contributed by atoms with Crippen LogP contribution in [0, 0.1) is 5.92 Å². The van der Waals surface area contributed by atoms with Crippen LogP contribution in [0.15, 0.2) is 0 Å². The minimum Gasteiger partial charge on any atom is -0.381 e. The molecule has 8 heteroatoms. The monoisotopic (exact) mass is 313 g/mol. The standard InChI is InChI=1S/C13H19N3O4S/c17-13(12-10-3-1-2-4-11(10)14-15-12)16-21(18,19)8-9-5-6-20-7-9/h9H,1-8H2,(H,14,15)(H,16,17)/t9-/m0/s1. The SMILES string of the molecule is O=C(NS(=O)(=O)C[C@H]1CCOC1)c1n[nH]c2c1CCCC2. The van der Waals surface area contributed by atoms with Crippen LogP contribution in [0.2, 0.25) is 0 Å². The van der Waals surface area contributed by atoms with Crippen molar-refractivity contribution in [3.8, 4) is 0 Å². The Balaban J connectivity index is 1.69. The largest absolute Gasteiger partial charge is 0.381 e. The van der Waals surface area contributed by atoms with Crippen LogP contribution < -0.4 is 4.72 Å². The van der Waals surface area contributed by atoms with Crippen LogP contribution in [-0.4, -0.2) is 43.5 Å². The molecular weight excluding hydrogens is 294 g/mol. The summed E-state index contributed by atoms with van der Waals surface area (Å²) in [7, 11) is -3.65. The molecule has 0 unspecified atom stereocenters. The number of carbonyl (C=O) groups is 1. The Labute approximate surface area is 123 Å². The highest BCUT2D eigenvalue weighted by Gasteiger charge is 2.28. The first-order valence-corrected chi connectivity index (χ1v) is 8.89. The van der Waals surface area contributed by atoms with Gasteiger partial charge in [-0.15, -0.1) is 0 Å². The smallest absolute Gasteiger partial charge is 0.285 e.